The van der Waals surface area contributed by atoms with Crippen LogP contribution in [0.5, 0.6) is 0 Å². The van der Waals surface area contributed by atoms with Gasteiger partial charge in [-0.25, -0.2) is 0 Å². The fourth-order valence-electron chi connectivity index (χ4n) is 2.61. The highest BCUT2D eigenvalue weighted by atomic mass is 16.5. The monoisotopic (exact) mass is 237 g/mol. The number of nitrogens with one attached hydrogen (secondary N) is 1. The van der Waals surface area contributed by atoms with Gasteiger partial charge >= 0.3 is 0 Å². The van der Waals surface area contributed by atoms with Crippen LogP contribution in [0, 0.1) is 19.8 Å². The van der Waals surface area contributed by atoms with Gasteiger partial charge in [0.05, 0.1) is 6.61 Å². The average molecular weight is 237 g/mol. The van der Waals surface area contributed by atoms with Crippen molar-refractivity contribution in [1.29, 1.82) is 0 Å². The van der Waals surface area contributed by atoms with Crippen molar-refractivity contribution in [2.75, 3.05) is 19.8 Å². The summed E-state index contributed by atoms with van der Waals surface area (Å²) >= 11 is 0. The second-order valence-corrected chi connectivity index (χ2v) is 4.92. The number of hydrogen-bond donors (Lipinski definition) is 1. The fraction of sp³-hybridized carbons (Fsp3) is 0.714. The van der Waals surface area contributed by atoms with Crippen molar-refractivity contribution in [3.05, 3.63) is 23.2 Å². The van der Waals surface area contributed by atoms with Crippen LogP contribution in [-0.4, -0.2) is 19.8 Å². The van der Waals surface area contributed by atoms with Gasteiger partial charge in [-0.1, -0.05) is 6.92 Å². The van der Waals surface area contributed by atoms with Crippen LogP contribution in [0.15, 0.2) is 10.5 Å². The van der Waals surface area contributed by atoms with E-state index in [2.05, 4.69) is 25.2 Å². The van der Waals surface area contributed by atoms with Crippen LogP contribution in [0.2, 0.25) is 0 Å². The summed E-state index contributed by atoms with van der Waals surface area (Å²) in [5, 5.41) is 3.64. The predicted octanol–water partition coefficient (Wildman–Crippen LogP) is 2.97. The topological polar surface area (TPSA) is 34.4 Å². The molecule has 2 unspecified atom stereocenters. The Morgan fingerprint density at radius 1 is 1.47 bits per heavy atom. The first-order valence-electron chi connectivity index (χ1n) is 6.60. The molecule has 2 rings (SSSR count). The van der Waals surface area contributed by atoms with E-state index in [9.17, 15) is 0 Å². The molecule has 2 heterocycles. The molecule has 1 aliphatic rings. The highest BCUT2D eigenvalue weighted by Crippen LogP contribution is 2.32. The van der Waals surface area contributed by atoms with E-state index in [1.54, 1.807) is 0 Å². The summed E-state index contributed by atoms with van der Waals surface area (Å²) in [6.45, 7) is 9.07. The third-order valence-corrected chi connectivity index (χ3v) is 3.46. The first kappa shape index (κ1) is 12.7. The molecule has 3 nitrogen and oxygen atoms in total. The van der Waals surface area contributed by atoms with Crippen LogP contribution in [0.25, 0.3) is 0 Å². The summed E-state index contributed by atoms with van der Waals surface area (Å²) in [7, 11) is 0. The molecular formula is C14H23NO2. The lowest BCUT2D eigenvalue weighted by Gasteiger charge is -2.23. The Bertz CT molecular complexity index is 353. The summed E-state index contributed by atoms with van der Waals surface area (Å²) in [6, 6.07) is 2.55. The van der Waals surface area contributed by atoms with Crippen LogP contribution >= 0.6 is 0 Å². The van der Waals surface area contributed by atoms with Gasteiger partial charge in [-0.2, -0.15) is 0 Å². The first-order chi connectivity index (χ1) is 8.22. The Morgan fingerprint density at radius 3 is 2.82 bits per heavy atom. The zero-order valence-electron chi connectivity index (χ0n) is 11.1. The molecule has 17 heavy (non-hydrogen) atoms. The zero-order valence-corrected chi connectivity index (χ0v) is 11.1. The minimum absolute atomic E-state index is 0.384. The number of ether oxygens (including phenoxy) is 1. The lowest BCUT2D eigenvalue weighted by atomic mass is 9.92. The molecule has 0 bridgehead atoms. The second kappa shape index (κ2) is 5.69. The maximum absolute atomic E-state index is 5.65. The molecule has 96 valence electrons. The van der Waals surface area contributed by atoms with Crippen molar-refractivity contribution in [2.24, 2.45) is 5.92 Å². The van der Waals surface area contributed by atoms with Crippen LogP contribution in [0.4, 0.5) is 0 Å². The Balaban J connectivity index is 2.16. The van der Waals surface area contributed by atoms with Crippen molar-refractivity contribution >= 4 is 0 Å². The van der Waals surface area contributed by atoms with Gasteiger partial charge in [0.25, 0.3) is 0 Å². The summed E-state index contributed by atoms with van der Waals surface area (Å²) in [5.41, 5.74) is 1.31. The molecule has 1 aromatic heterocycles. The largest absolute Gasteiger partial charge is 0.466 e. The minimum Gasteiger partial charge on any atom is -0.466 e. The molecule has 0 spiro atoms. The highest BCUT2D eigenvalue weighted by molar-refractivity contribution is 5.25. The molecule has 1 aromatic rings. The van der Waals surface area contributed by atoms with E-state index >= 15 is 0 Å². The normalized spacial score (nSPS) is 21.9. The highest BCUT2D eigenvalue weighted by Gasteiger charge is 2.28. The molecule has 3 heteroatoms. The van der Waals surface area contributed by atoms with Crippen molar-refractivity contribution in [3.8, 4) is 0 Å². The van der Waals surface area contributed by atoms with Crippen LogP contribution in [0.1, 0.15) is 42.9 Å². The SMILES string of the molecule is CCCNC(c1cc(C)oc1C)C1CCOC1. The average Bonchev–Trinajstić information content (AvgIpc) is 2.90. The van der Waals surface area contributed by atoms with E-state index in [0.29, 0.717) is 12.0 Å². The van der Waals surface area contributed by atoms with Gasteiger partial charge in [-0.05, 0) is 39.3 Å². The quantitative estimate of drug-likeness (QED) is 0.855. The smallest absolute Gasteiger partial charge is 0.105 e. The molecule has 0 amide bonds. The van der Waals surface area contributed by atoms with Gasteiger partial charge in [-0.15, -0.1) is 0 Å². The predicted molar refractivity (Wildman–Crippen MR) is 68.1 cm³/mol. The van der Waals surface area contributed by atoms with E-state index in [0.717, 1.165) is 44.1 Å². The Hall–Kier alpha value is -0.800. The van der Waals surface area contributed by atoms with Crippen molar-refractivity contribution < 1.29 is 9.15 Å². The van der Waals surface area contributed by atoms with Crippen molar-refractivity contribution in [2.45, 2.75) is 39.7 Å². The fourth-order valence-corrected chi connectivity index (χ4v) is 2.61. The van der Waals surface area contributed by atoms with Gasteiger partial charge in [0, 0.05) is 24.1 Å². The molecule has 1 aliphatic heterocycles. The lowest BCUT2D eigenvalue weighted by molar-refractivity contribution is 0.176. The summed E-state index contributed by atoms with van der Waals surface area (Å²) in [4.78, 5) is 0. The Kier molecular flexibility index (Phi) is 4.24. The summed E-state index contributed by atoms with van der Waals surface area (Å²) in [6.07, 6.45) is 2.30. The van der Waals surface area contributed by atoms with Crippen LogP contribution in [-0.2, 0) is 4.74 Å². The maximum Gasteiger partial charge on any atom is 0.105 e. The van der Waals surface area contributed by atoms with Gasteiger partial charge in [-0.3, -0.25) is 0 Å². The van der Waals surface area contributed by atoms with E-state index < -0.39 is 0 Å². The van der Waals surface area contributed by atoms with Crippen LogP contribution in [0.3, 0.4) is 0 Å². The molecule has 0 radical (unpaired) electrons. The van der Waals surface area contributed by atoms with Gasteiger partial charge in [0.2, 0.25) is 0 Å². The van der Waals surface area contributed by atoms with E-state index in [-0.39, 0.29) is 0 Å². The van der Waals surface area contributed by atoms with E-state index in [4.69, 9.17) is 9.15 Å². The molecule has 0 aliphatic carbocycles. The number of furan rings is 1. The number of rotatable bonds is 5. The third-order valence-electron chi connectivity index (χ3n) is 3.46. The molecule has 0 saturated carbocycles. The number of hydrogen-bond acceptors (Lipinski definition) is 3. The molecule has 0 aromatic carbocycles. The van der Waals surface area contributed by atoms with Gasteiger partial charge in [0.1, 0.15) is 11.5 Å². The second-order valence-electron chi connectivity index (χ2n) is 4.92. The number of aryl methyl sites for hydroxylation is 2. The Morgan fingerprint density at radius 2 is 2.29 bits per heavy atom. The molecule has 1 N–H and O–H groups in total. The van der Waals surface area contributed by atoms with Crippen LogP contribution < -0.4 is 5.32 Å². The van der Waals surface area contributed by atoms with Crippen molar-refractivity contribution in [1.82, 2.24) is 5.32 Å². The minimum atomic E-state index is 0.384. The lowest BCUT2D eigenvalue weighted by Crippen LogP contribution is -2.29. The maximum atomic E-state index is 5.65. The Labute approximate surface area is 104 Å². The molecular weight excluding hydrogens is 214 g/mol. The molecule has 1 saturated heterocycles. The third kappa shape index (κ3) is 2.90. The summed E-state index contributed by atoms with van der Waals surface area (Å²) in [5.74, 6) is 2.62. The van der Waals surface area contributed by atoms with Gasteiger partial charge < -0.3 is 14.5 Å². The standard InChI is InChI=1S/C14H23NO2/c1-4-6-15-14(12-5-7-16-9-12)13-8-10(2)17-11(13)3/h8,12,14-15H,4-7,9H2,1-3H3. The van der Waals surface area contributed by atoms with E-state index in [1.807, 2.05) is 6.92 Å². The zero-order chi connectivity index (χ0) is 12.3. The van der Waals surface area contributed by atoms with Gasteiger partial charge in [0.15, 0.2) is 0 Å². The first-order valence-corrected chi connectivity index (χ1v) is 6.60. The van der Waals surface area contributed by atoms with Crippen molar-refractivity contribution in [3.63, 3.8) is 0 Å². The summed E-state index contributed by atoms with van der Waals surface area (Å²) < 4.78 is 11.2. The van der Waals surface area contributed by atoms with E-state index in [1.165, 1.54) is 5.56 Å². The molecule has 1 fully saturated rings. The molecule has 2 atom stereocenters.